The summed E-state index contributed by atoms with van der Waals surface area (Å²) >= 11 is 0. The van der Waals surface area contributed by atoms with E-state index in [9.17, 15) is 43.7 Å². The number of amides is 2. The van der Waals surface area contributed by atoms with Crippen LogP contribution in [0.2, 0.25) is 0 Å². The number of phenols is 1. The summed E-state index contributed by atoms with van der Waals surface area (Å²) in [4.78, 5) is 82.5. The largest absolute Gasteiger partial charge is 0.507 e. The first-order valence-corrected chi connectivity index (χ1v) is 26.4. The fourth-order valence-corrected chi connectivity index (χ4v) is 11.3. The van der Waals surface area contributed by atoms with E-state index in [1.807, 2.05) is 6.92 Å². The van der Waals surface area contributed by atoms with Gasteiger partial charge in [0.2, 0.25) is 11.7 Å². The summed E-state index contributed by atoms with van der Waals surface area (Å²) in [7, 11) is 0. The van der Waals surface area contributed by atoms with Crippen molar-refractivity contribution in [1.82, 2.24) is 20.4 Å². The number of nitrogens with zero attached hydrogens (tertiary/aromatic N) is 4. The number of carbonyl (C=O) groups is 5. The molecule has 7 aliphatic rings. The Kier molecular flexibility index (Phi) is 16.2. The minimum Gasteiger partial charge on any atom is -0.507 e. The number of Topliss-reactive ketones (excluding diaryl/α,β-unsaturated/α-hetero) is 2. The second kappa shape index (κ2) is 22.1. The van der Waals surface area contributed by atoms with Crippen LogP contribution in [0.4, 0.5) is 10.1 Å². The van der Waals surface area contributed by atoms with Crippen LogP contribution in [0.5, 0.6) is 11.5 Å². The number of hydrogen-bond acceptors (Lipinski definition) is 15. The van der Waals surface area contributed by atoms with Crippen LogP contribution in [0.1, 0.15) is 119 Å². The monoisotopic (exact) mass is 1040 g/mol. The normalized spacial score (nSPS) is 30.1. The van der Waals surface area contributed by atoms with E-state index in [1.165, 1.54) is 32.2 Å². The highest BCUT2D eigenvalue weighted by Crippen LogP contribution is 2.50. The molecule has 1 spiro atoms. The number of esters is 1. The van der Waals surface area contributed by atoms with Gasteiger partial charge < -0.3 is 54.9 Å². The van der Waals surface area contributed by atoms with E-state index in [4.69, 9.17) is 19.2 Å². The average molecular weight is 1040 g/mol. The first kappa shape index (κ1) is 54.9. The summed E-state index contributed by atoms with van der Waals surface area (Å²) in [6.07, 6.45) is 5.90. The molecular weight excluding hydrogens is 964 g/mol. The highest BCUT2D eigenvalue weighted by molar-refractivity contribution is 6.34. The van der Waals surface area contributed by atoms with Gasteiger partial charge in [0.1, 0.15) is 41.2 Å². The van der Waals surface area contributed by atoms with Gasteiger partial charge in [-0.2, -0.15) is 0 Å². The fourth-order valence-electron chi connectivity index (χ4n) is 11.3. The van der Waals surface area contributed by atoms with Crippen molar-refractivity contribution in [2.45, 2.75) is 124 Å². The molecule has 5 N–H and O–H groups in total. The van der Waals surface area contributed by atoms with Gasteiger partial charge in [0.05, 0.1) is 41.0 Å². The molecule has 1 aliphatic carbocycles. The van der Waals surface area contributed by atoms with Crippen LogP contribution in [0.15, 0.2) is 76.8 Å². The minimum absolute atomic E-state index is 0.00597. The molecule has 6 heterocycles. The number of nitrogens with one attached hydrogen (secondary N) is 2. The number of ketones is 2. The summed E-state index contributed by atoms with van der Waals surface area (Å²) in [5.74, 6) is -8.02. The van der Waals surface area contributed by atoms with Crippen molar-refractivity contribution in [3.8, 4) is 11.5 Å². The maximum absolute atomic E-state index is 14.9. The van der Waals surface area contributed by atoms with E-state index in [0.717, 1.165) is 12.2 Å². The third-order valence-electron chi connectivity index (χ3n) is 15.9. The van der Waals surface area contributed by atoms with Gasteiger partial charge in [-0.3, -0.25) is 29.0 Å². The highest BCUT2D eigenvalue weighted by Gasteiger charge is 2.54. The number of halogens is 1. The summed E-state index contributed by atoms with van der Waals surface area (Å²) in [5, 5.41) is 41.7. The fraction of sp³-hybridized carbons (Fsp3) is 0.544. The van der Waals surface area contributed by atoms with Crippen LogP contribution in [0, 0.1) is 42.3 Å². The first-order chi connectivity index (χ1) is 35.5. The quantitative estimate of drug-likeness (QED) is 0.160. The molecule has 0 radical (unpaired) electrons. The third kappa shape index (κ3) is 11.2. The lowest BCUT2D eigenvalue weighted by Crippen LogP contribution is -2.50. The number of likely N-dealkylation sites (tertiary alicyclic amines) is 1. The molecule has 9 rings (SSSR count). The summed E-state index contributed by atoms with van der Waals surface area (Å²) in [5.41, 5.74) is 0.510. The zero-order valence-electron chi connectivity index (χ0n) is 44.6. The summed E-state index contributed by atoms with van der Waals surface area (Å²) < 4.78 is 32.2. The smallest absolute Gasteiger partial charge is 0.315 e. The molecule has 2 aromatic carbocycles. The number of carbonyl (C=O) groups excluding carboxylic acids is 5. The lowest BCUT2D eigenvalue weighted by atomic mass is 9.79. The van der Waals surface area contributed by atoms with Crippen LogP contribution < -0.4 is 20.3 Å². The van der Waals surface area contributed by atoms with Gasteiger partial charge in [-0.25, -0.2) is 4.39 Å². The molecule has 75 heavy (non-hydrogen) atoms. The summed E-state index contributed by atoms with van der Waals surface area (Å²) in [6.45, 7) is 20.0. The number of aliphatic hydroxyl groups excluding tert-OH is 2. The molecule has 6 aliphatic heterocycles. The van der Waals surface area contributed by atoms with Crippen LogP contribution >= 0.6 is 0 Å². The molecule has 0 aromatic heterocycles. The molecule has 0 saturated carbocycles. The number of piperidine rings is 1. The molecule has 2 fully saturated rings. The standard InChI is InChI=1S/C57H73FN6O11/c1-31(2)30-62-24-20-57(21-25-62)60-45-42-43-50(69)37(8)53-44(42)54(71)56(9,75-53)73-28-11-15-33(4)52(74-41(66)29-40(65)64-23-12-22-63(26-27-64)39-18-16-38(58)17-19-39)36(7)49(68)35(6)48(67)32(3)13-10-14-34(5)55(72)59-47(51(43)70)46(45)61-57/h10-11,13-14,16-19,28,31-33,35-36,48-49,52,61,67-69H,12,15,20-27,29-30H2,1-9H3,(H,59,72)/b13-10+,28-11+,34-14-/t32-,33+,35+,36+,48-,49+,52+,56-/m0/s1. The molecule has 0 unspecified atom stereocenters. The van der Waals surface area contributed by atoms with E-state index >= 15 is 0 Å². The van der Waals surface area contributed by atoms with Gasteiger partial charge in [-0.15, -0.1) is 0 Å². The van der Waals surface area contributed by atoms with E-state index in [2.05, 4.69) is 34.3 Å². The number of aliphatic hydroxyl groups is 2. The van der Waals surface area contributed by atoms with Crippen LogP contribution in [0.3, 0.4) is 0 Å². The number of aliphatic imine (C=N–C) groups is 1. The molecule has 5 bridgehead atoms. The number of phenolic OH excluding ortho intramolecular Hbond substituents is 1. The van der Waals surface area contributed by atoms with E-state index in [-0.39, 0.29) is 62.9 Å². The van der Waals surface area contributed by atoms with E-state index in [0.29, 0.717) is 64.4 Å². The van der Waals surface area contributed by atoms with Crippen molar-refractivity contribution in [2.24, 2.45) is 34.6 Å². The van der Waals surface area contributed by atoms with Gasteiger partial charge in [0.25, 0.3) is 11.7 Å². The van der Waals surface area contributed by atoms with Crippen LogP contribution in [0.25, 0.3) is 0 Å². The first-order valence-electron chi connectivity index (χ1n) is 26.4. The number of rotatable bonds is 6. The molecule has 18 heteroatoms. The molecule has 2 aromatic rings. The Hall–Kier alpha value is -6.37. The van der Waals surface area contributed by atoms with Crippen molar-refractivity contribution >= 4 is 40.7 Å². The zero-order valence-corrected chi connectivity index (χ0v) is 44.6. The van der Waals surface area contributed by atoms with Gasteiger partial charge in [0.15, 0.2) is 0 Å². The SMILES string of the molecule is C/C1=C/C=C/[C@H](C)[C@H](O)[C@@H](C)[C@@H](O)[C@@H](C)[C@H](OC(=O)CC(=O)N2CCCN(c3ccc(F)cc3)CC2)[C@H](C)C/C=C/O[C@@]2(C)Oc3c(C)c(O)c4c(c3C2=O)C2=NC3(CCN(CC(C)C)CC3)NC2=C(NC1=O)C4=O. The van der Waals surface area contributed by atoms with Crippen molar-refractivity contribution in [2.75, 3.05) is 50.7 Å². The number of anilines is 1. The number of hydrogen-bond donors (Lipinski definition) is 5. The Morgan fingerprint density at radius 3 is 2.32 bits per heavy atom. The van der Waals surface area contributed by atoms with Gasteiger partial charge in [-0.05, 0) is 68.9 Å². The molecular formula is C57H73FN6O11. The predicted octanol–water partition coefficient (Wildman–Crippen LogP) is 6.24. The maximum atomic E-state index is 14.9. The lowest BCUT2D eigenvalue weighted by molar-refractivity contribution is -0.162. The number of aromatic hydroxyl groups is 1. The van der Waals surface area contributed by atoms with Crippen molar-refractivity contribution in [1.29, 1.82) is 0 Å². The number of allylic oxidation sites excluding steroid dienone is 5. The minimum atomic E-state index is -1.98. The molecule has 404 valence electrons. The number of fused-ring (bicyclic) bond motifs is 13. The Bertz CT molecular complexity index is 2740. The molecule has 8 atom stereocenters. The number of benzene rings is 2. The third-order valence-corrected chi connectivity index (χ3v) is 15.9. The highest BCUT2D eigenvalue weighted by atomic mass is 19.1. The molecule has 17 nitrogen and oxygen atoms in total. The van der Waals surface area contributed by atoms with Crippen molar-refractivity contribution < 1.29 is 57.9 Å². The van der Waals surface area contributed by atoms with Gasteiger partial charge >= 0.3 is 11.8 Å². The topological polar surface area (TPSA) is 220 Å². The Balaban J connectivity index is 1.09. The number of ether oxygens (including phenoxy) is 3. The Morgan fingerprint density at radius 2 is 1.63 bits per heavy atom. The summed E-state index contributed by atoms with van der Waals surface area (Å²) in [6, 6.07) is 6.17. The Labute approximate surface area is 438 Å². The zero-order chi connectivity index (χ0) is 54.3. The second-order valence-corrected chi connectivity index (χ2v) is 22.0. The van der Waals surface area contributed by atoms with E-state index < -0.39 is 95.0 Å². The molecule has 2 saturated heterocycles. The van der Waals surface area contributed by atoms with Crippen molar-refractivity contribution in [3.63, 3.8) is 0 Å². The second-order valence-electron chi connectivity index (χ2n) is 22.0. The average Bonchev–Trinajstić information content (AvgIpc) is 3.74. The lowest BCUT2D eigenvalue weighted by Gasteiger charge is -2.38. The van der Waals surface area contributed by atoms with Crippen LogP contribution in [-0.2, 0) is 23.9 Å². The molecule has 2 amide bonds. The van der Waals surface area contributed by atoms with Crippen molar-refractivity contribution in [3.05, 3.63) is 99.9 Å². The van der Waals surface area contributed by atoms with Gasteiger partial charge in [-0.1, -0.05) is 59.8 Å². The Morgan fingerprint density at radius 1 is 0.920 bits per heavy atom. The maximum Gasteiger partial charge on any atom is 0.315 e. The van der Waals surface area contributed by atoms with Crippen LogP contribution in [-0.4, -0.2) is 136 Å². The van der Waals surface area contributed by atoms with Gasteiger partial charge in [0, 0.05) is 106 Å². The van der Waals surface area contributed by atoms with E-state index in [1.54, 1.807) is 69.0 Å². The predicted molar refractivity (Wildman–Crippen MR) is 279 cm³/mol.